The number of halogens is 3. The molecule has 0 bridgehead atoms. The maximum Gasteiger partial charge on any atom is 0.488 e. The zero-order valence-electron chi connectivity index (χ0n) is 84.8. The van der Waals surface area contributed by atoms with Gasteiger partial charge in [0, 0.05) is 42.6 Å². The molecule has 0 aliphatic rings. The molecule has 9 aromatic carbocycles. The summed E-state index contributed by atoms with van der Waals surface area (Å²) in [7, 11) is -11.6. The van der Waals surface area contributed by atoms with Crippen molar-refractivity contribution in [3.05, 3.63) is 299 Å². The molecular weight excluding hydrogens is 1770 g/mol. The van der Waals surface area contributed by atoms with Gasteiger partial charge in [-0.1, -0.05) is 365 Å². The van der Waals surface area contributed by atoms with Crippen molar-refractivity contribution in [2.75, 3.05) is 22.6 Å². The fourth-order valence-electron chi connectivity index (χ4n) is 11.3. The number of hydrogen-bond acceptors (Lipinski definition) is 14. The van der Waals surface area contributed by atoms with Crippen molar-refractivity contribution in [2.24, 2.45) is 17.8 Å². The number of carbonyl (C=O) groups is 5. The van der Waals surface area contributed by atoms with Crippen molar-refractivity contribution < 1.29 is 77.7 Å². The minimum absolute atomic E-state index is 0.0833. The molecule has 9 N–H and O–H groups in total. The Hall–Kier alpha value is -10.3. The molecular formula is C108H160BF3N6O14S3. The summed E-state index contributed by atoms with van der Waals surface area (Å²) < 4.78 is 109. The molecule has 5 amide bonds. The first-order chi connectivity index (χ1) is 63.5. The molecule has 11 atom stereocenters. The number of amides is 5. The number of hydrogen-bond donors (Lipinski definition) is 9. The van der Waals surface area contributed by atoms with E-state index in [1.807, 2.05) is 106 Å². The van der Waals surface area contributed by atoms with Crippen LogP contribution in [0.5, 0.6) is 0 Å². The van der Waals surface area contributed by atoms with Crippen molar-refractivity contribution >= 4 is 83.6 Å². The maximum atomic E-state index is 12.0. The predicted molar refractivity (Wildman–Crippen MR) is 555 cm³/mol. The summed E-state index contributed by atoms with van der Waals surface area (Å²) >= 11 is 0. The van der Waals surface area contributed by atoms with E-state index in [-0.39, 0.29) is 40.2 Å². The van der Waals surface area contributed by atoms with E-state index in [0.29, 0.717) is 71.5 Å². The summed E-state index contributed by atoms with van der Waals surface area (Å²) in [6.07, 6.45) is 8.58. The van der Waals surface area contributed by atoms with Crippen LogP contribution in [-0.4, -0.2) is 95.9 Å². The van der Waals surface area contributed by atoms with E-state index in [4.69, 9.17) is 15.3 Å². The molecule has 135 heavy (non-hydrogen) atoms. The number of carbonyl (C=O) groups excluding carboxylic acids is 5. The second-order valence-electron chi connectivity index (χ2n) is 33.8. The number of nitrogens with one attached hydrogen (secondary N) is 6. The minimum Gasteiger partial charge on any atom is -0.423 e. The molecule has 9 aromatic rings. The van der Waals surface area contributed by atoms with Gasteiger partial charge in [0.05, 0.1) is 17.4 Å². The predicted octanol–water partition coefficient (Wildman–Crippen LogP) is 25.0. The Bertz CT molecular complexity index is 4820. The Morgan fingerprint density at radius 2 is 0.593 bits per heavy atom. The van der Waals surface area contributed by atoms with Crippen molar-refractivity contribution in [3.8, 4) is 0 Å². The zero-order valence-corrected chi connectivity index (χ0v) is 87.2. The number of hydroxylamine groups is 1. The van der Waals surface area contributed by atoms with Crippen LogP contribution >= 0.6 is 0 Å². The average Bonchev–Trinajstić information content (AvgIpc) is 0.832. The summed E-state index contributed by atoms with van der Waals surface area (Å²) in [5.41, 5.74) is 14.4. The maximum absolute atomic E-state index is 12.0. The van der Waals surface area contributed by atoms with E-state index in [0.717, 1.165) is 67.7 Å². The lowest BCUT2D eigenvalue weighted by Gasteiger charge is -2.11. The highest BCUT2D eigenvalue weighted by atomic mass is 32.2. The number of alkyl halides is 3. The summed E-state index contributed by atoms with van der Waals surface area (Å²) in [5.74, 6) is 1.26. The van der Waals surface area contributed by atoms with Crippen LogP contribution in [0.3, 0.4) is 0 Å². The van der Waals surface area contributed by atoms with Gasteiger partial charge in [0.1, 0.15) is 0 Å². The summed E-state index contributed by atoms with van der Waals surface area (Å²) in [6.45, 7) is 47.6. The summed E-state index contributed by atoms with van der Waals surface area (Å²) in [5, 5.41) is 30.5. The van der Waals surface area contributed by atoms with E-state index in [1.165, 1.54) is 90.3 Å². The Labute approximate surface area is 810 Å². The molecule has 0 saturated carbocycles. The second-order valence-corrected chi connectivity index (χ2v) is 39.0. The third-order valence-electron chi connectivity index (χ3n) is 22.9. The number of benzene rings is 9. The molecule has 0 radical (unpaired) electrons. The highest BCUT2D eigenvalue weighted by Gasteiger charge is 2.38. The fourth-order valence-corrected chi connectivity index (χ4v) is 13.5. The molecule has 0 aliphatic heterocycles. The van der Waals surface area contributed by atoms with E-state index in [1.54, 1.807) is 73.2 Å². The van der Waals surface area contributed by atoms with Gasteiger partial charge in [0.2, 0.25) is 43.7 Å². The Morgan fingerprint density at radius 1 is 0.333 bits per heavy atom. The first kappa shape index (κ1) is 127. The van der Waals surface area contributed by atoms with Gasteiger partial charge in [-0.05, 0) is 210 Å². The SMILES string of the molecule is CCC(C)C(=O)NCc1ccccc1.CCC(C)C(=O)NO.CCC(C)C(=O)NS(C)(=O)=O.CCC(C)c1ccc(B(O)O)cc1.CCC(C)c1ccc(NC(=O)C(F)(F)F)cc1.CCC(C)c1ccc(NS(C)(=O)=O)cc1.CCC(C)c1ccc(S(=O)(=O)NC(C)=O)cc1.CCC(C)c1ccccc1.CCC(C)c1ccccc1.CCC(C)c1ccccc1.CCC(C)c1ccccc1. The van der Waals surface area contributed by atoms with Crippen LogP contribution in [0.1, 0.15) is 327 Å². The summed E-state index contributed by atoms with van der Waals surface area (Å²) in [4.78, 5) is 54.3. The van der Waals surface area contributed by atoms with Crippen molar-refractivity contribution in [2.45, 2.75) is 295 Å². The first-order valence-corrected chi connectivity index (χ1v) is 52.4. The third kappa shape index (κ3) is 58.0. The second kappa shape index (κ2) is 70.4. The molecule has 0 heterocycles. The molecule has 11 unspecified atom stereocenters. The Morgan fingerprint density at radius 3 is 0.837 bits per heavy atom. The van der Waals surface area contributed by atoms with Crippen LogP contribution < -0.4 is 35.7 Å². The topological polar surface area (TPSA) is 321 Å². The monoisotopic (exact) mass is 1930 g/mol. The lowest BCUT2D eigenvalue weighted by atomic mass is 9.79. The van der Waals surface area contributed by atoms with Gasteiger partial charge in [-0.2, -0.15) is 13.2 Å². The molecule has 0 saturated heterocycles. The van der Waals surface area contributed by atoms with Crippen LogP contribution in [0, 0.1) is 17.8 Å². The molecule has 0 aromatic heterocycles. The molecule has 27 heteroatoms. The van der Waals surface area contributed by atoms with Crippen molar-refractivity contribution in [3.63, 3.8) is 0 Å². The van der Waals surface area contributed by atoms with Crippen LogP contribution in [-0.2, 0) is 60.6 Å². The van der Waals surface area contributed by atoms with Gasteiger partial charge in [0.25, 0.3) is 10.0 Å². The van der Waals surface area contributed by atoms with E-state index in [2.05, 4.69) is 228 Å². The molecule has 0 spiro atoms. The molecule has 0 aliphatic carbocycles. The van der Waals surface area contributed by atoms with E-state index in [9.17, 15) is 62.4 Å². The van der Waals surface area contributed by atoms with E-state index >= 15 is 0 Å². The van der Waals surface area contributed by atoms with Gasteiger partial charge in [-0.25, -0.2) is 35.5 Å². The normalized spacial score (nSPS) is 13.1. The number of anilines is 2. The Kier molecular flexibility index (Phi) is 66.1. The molecule has 0 fully saturated rings. The van der Waals surface area contributed by atoms with Gasteiger partial charge in [0.15, 0.2) is 0 Å². The van der Waals surface area contributed by atoms with Gasteiger partial charge < -0.3 is 20.7 Å². The van der Waals surface area contributed by atoms with Gasteiger partial charge >= 0.3 is 19.2 Å². The number of sulfonamides is 3. The Balaban J connectivity index is 0. The molecule has 748 valence electrons. The van der Waals surface area contributed by atoms with Crippen LogP contribution in [0.4, 0.5) is 24.5 Å². The lowest BCUT2D eigenvalue weighted by Crippen LogP contribution is -2.33. The van der Waals surface area contributed by atoms with Gasteiger partial charge in [-0.15, -0.1) is 0 Å². The van der Waals surface area contributed by atoms with Crippen LogP contribution in [0.25, 0.3) is 0 Å². The van der Waals surface area contributed by atoms with Crippen molar-refractivity contribution in [1.82, 2.24) is 20.2 Å². The largest absolute Gasteiger partial charge is 0.488 e. The fraction of sp³-hybridized carbons (Fsp3) is 0.454. The third-order valence-corrected chi connectivity index (χ3v) is 25.5. The van der Waals surface area contributed by atoms with Crippen LogP contribution in [0.15, 0.2) is 254 Å². The van der Waals surface area contributed by atoms with Crippen LogP contribution in [0.2, 0.25) is 0 Å². The van der Waals surface area contributed by atoms with E-state index < -0.39 is 61.1 Å². The highest BCUT2D eigenvalue weighted by molar-refractivity contribution is 7.92. The van der Waals surface area contributed by atoms with Gasteiger partial charge in [-0.3, -0.25) is 38.6 Å². The zero-order chi connectivity index (χ0) is 103. The number of rotatable bonds is 31. The quantitative estimate of drug-likeness (QED) is 0.0111. The standard InChI is InChI=1S/C12H14F3NO.C12H17NO3S.C12H17NO.C11H17NO2S.C10H15BO2.4C10H14.C6H13NO3S.C5H11NO2/c1-3-8(2)9-4-6-10(7-5-9)16-11(17)12(13,14)15;1-4-9(2)11-5-7-12(8-6-11)17(15,16)13-10(3)14;1-3-10(2)12(14)13-9-11-7-5-4-6-8-11;1-4-9(2)10-5-7-11(8-6-10)12-15(3,13)14;1-3-8(2)9-4-6-10(7-5-9)11(12)13;4*1-3-9(2)10-7-5-4-6-8-10;1-4-5(2)6(8)7-11(3,9)10;1-3-4(2)5(7)6-8/h4-8H,3H2,1-2H3,(H,16,17);5-9H,4H2,1-3H3,(H,13,14);4-8,10H,3,9H2,1-2H3,(H,13,14);5-9,12H,4H2,1-3H3;4-8,12-13H,3H2,1-2H3;4*4-9H,3H2,1-2H3;5H,4H2,1-3H3,(H,7,8);4,8H,3H2,1-2H3,(H,6,7). The highest BCUT2D eigenvalue weighted by Crippen LogP contribution is 2.27. The van der Waals surface area contributed by atoms with Crippen molar-refractivity contribution in [1.29, 1.82) is 0 Å². The minimum atomic E-state index is -4.85. The summed E-state index contributed by atoms with van der Waals surface area (Å²) in [6, 6.07) is 80.4. The average molecular weight is 1930 g/mol. The molecule has 20 nitrogen and oxygen atoms in total. The smallest absolute Gasteiger partial charge is 0.423 e. The first-order valence-electron chi connectivity index (χ1n) is 47.1. The molecule has 9 rings (SSSR count). The lowest BCUT2D eigenvalue weighted by molar-refractivity contribution is -0.167.